The molecule has 28 heavy (non-hydrogen) atoms. The van der Waals surface area contributed by atoms with Crippen molar-refractivity contribution in [2.24, 2.45) is 0 Å². The molecule has 0 radical (unpaired) electrons. The van der Waals surface area contributed by atoms with Gasteiger partial charge in [-0.1, -0.05) is 23.7 Å². The van der Waals surface area contributed by atoms with E-state index in [4.69, 9.17) is 16.3 Å². The van der Waals surface area contributed by atoms with Gasteiger partial charge in [0.25, 0.3) is 15.9 Å². The number of halogens is 1. The maximum atomic E-state index is 12.7. The summed E-state index contributed by atoms with van der Waals surface area (Å²) in [5, 5.41) is 3.17. The average molecular weight is 417 g/mol. The van der Waals surface area contributed by atoms with E-state index in [-0.39, 0.29) is 16.1 Å². The number of hydrogen-bond donors (Lipinski definition) is 2. The Labute approximate surface area is 168 Å². The van der Waals surface area contributed by atoms with Gasteiger partial charge in [-0.05, 0) is 60.7 Å². The van der Waals surface area contributed by atoms with Crippen LogP contribution in [0.5, 0.6) is 5.75 Å². The van der Waals surface area contributed by atoms with E-state index in [0.717, 1.165) is 0 Å². The zero-order valence-corrected chi connectivity index (χ0v) is 16.4. The quantitative estimate of drug-likeness (QED) is 0.623. The lowest BCUT2D eigenvalue weighted by atomic mass is 10.1. The molecule has 0 bridgehead atoms. The van der Waals surface area contributed by atoms with E-state index in [1.807, 2.05) is 0 Å². The molecule has 0 unspecified atom stereocenters. The van der Waals surface area contributed by atoms with Gasteiger partial charge in [-0.25, -0.2) is 8.42 Å². The molecule has 0 fully saturated rings. The number of sulfonamides is 1. The Morgan fingerprint density at radius 1 is 0.929 bits per heavy atom. The van der Waals surface area contributed by atoms with E-state index in [1.165, 1.54) is 30.3 Å². The minimum Gasteiger partial charge on any atom is -0.497 e. The Hall–Kier alpha value is -3.03. The molecule has 2 N–H and O–H groups in total. The summed E-state index contributed by atoms with van der Waals surface area (Å²) in [6.45, 7) is 0. The van der Waals surface area contributed by atoms with Crippen LogP contribution in [0.3, 0.4) is 0 Å². The summed E-state index contributed by atoms with van der Waals surface area (Å²) in [6, 6.07) is 18.9. The van der Waals surface area contributed by atoms with E-state index in [1.54, 1.807) is 49.6 Å². The molecular formula is C20H17ClN2O4S. The van der Waals surface area contributed by atoms with Crippen molar-refractivity contribution in [1.29, 1.82) is 0 Å². The number of methoxy groups -OCH3 is 1. The fourth-order valence-electron chi connectivity index (χ4n) is 2.46. The fraction of sp³-hybridized carbons (Fsp3) is 0.0500. The van der Waals surface area contributed by atoms with Crippen molar-refractivity contribution in [3.05, 3.63) is 83.4 Å². The van der Waals surface area contributed by atoms with E-state index < -0.39 is 15.9 Å². The number of ether oxygens (including phenoxy) is 1. The second kappa shape index (κ2) is 8.33. The van der Waals surface area contributed by atoms with Gasteiger partial charge in [-0.15, -0.1) is 0 Å². The van der Waals surface area contributed by atoms with Crippen LogP contribution in [0.15, 0.2) is 77.7 Å². The summed E-state index contributed by atoms with van der Waals surface area (Å²) < 4.78 is 32.8. The Bertz CT molecular complexity index is 1080. The van der Waals surface area contributed by atoms with E-state index >= 15 is 0 Å². The maximum absolute atomic E-state index is 12.7. The van der Waals surface area contributed by atoms with Crippen molar-refractivity contribution in [3.63, 3.8) is 0 Å². The van der Waals surface area contributed by atoms with Gasteiger partial charge >= 0.3 is 0 Å². The summed E-state index contributed by atoms with van der Waals surface area (Å²) in [6.07, 6.45) is 0. The summed E-state index contributed by atoms with van der Waals surface area (Å²) in [5.74, 6) is 0.216. The molecule has 6 nitrogen and oxygen atoms in total. The second-order valence-electron chi connectivity index (χ2n) is 5.79. The third-order valence-electron chi connectivity index (χ3n) is 3.89. The SMILES string of the molecule is COc1ccc(NC(=O)c2ccccc2NS(=O)(=O)c2ccc(Cl)cc2)cc1. The van der Waals surface area contributed by atoms with Gasteiger partial charge in [-0.3, -0.25) is 9.52 Å². The summed E-state index contributed by atoms with van der Waals surface area (Å²) in [5.41, 5.74) is 0.917. The molecule has 0 heterocycles. The van der Waals surface area contributed by atoms with Gasteiger partial charge in [0.2, 0.25) is 0 Å². The third-order valence-corrected chi connectivity index (χ3v) is 5.52. The maximum Gasteiger partial charge on any atom is 0.261 e. The molecule has 0 spiro atoms. The number of hydrogen-bond acceptors (Lipinski definition) is 4. The number of anilines is 2. The first-order valence-corrected chi connectivity index (χ1v) is 10.1. The molecule has 0 aliphatic carbocycles. The Morgan fingerprint density at radius 2 is 1.57 bits per heavy atom. The smallest absolute Gasteiger partial charge is 0.261 e. The van der Waals surface area contributed by atoms with Gasteiger partial charge < -0.3 is 10.1 Å². The molecule has 0 atom stereocenters. The van der Waals surface area contributed by atoms with Crippen LogP contribution in [-0.2, 0) is 10.0 Å². The van der Waals surface area contributed by atoms with Crippen LogP contribution in [0.2, 0.25) is 5.02 Å². The van der Waals surface area contributed by atoms with Crippen molar-refractivity contribution in [2.45, 2.75) is 4.90 Å². The second-order valence-corrected chi connectivity index (χ2v) is 7.91. The highest BCUT2D eigenvalue weighted by atomic mass is 35.5. The number of nitrogens with one attached hydrogen (secondary N) is 2. The normalized spacial score (nSPS) is 10.9. The molecule has 0 saturated carbocycles. The highest BCUT2D eigenvalue weighted by Crippen LogP contribution is 2.23. The van der Waals surface area contributed by atoms with E-state index in [2.05, 4.69) is 10.0 Å². The lowest BCUT2D eigenvalue weighted by Gasteiger charge is -2.13. The van der Waals surface area contributed by atoms with Crippen molar-refractivity contribution >= 4 is 38.9 Å². The average Bonchev–Trinajstić information content (AvgIpc) is 2.69. The van der Waals surface area contributed by atoms with Crippen LogP contribution in [0.4, 0.5) is 11.4 Å². The molecule has 8 heteroatoms. The monoisotopic (exact) mass is 416 g/mol. The zero-order chi connectivity index (χ0) is 20.1. The van der Waals surface area contributed by atoms with E-state index in [0.29, 0.717) is 16.5 Å². The lowest BCUT2D eigenvalue weighted by molar-refractivity contribution is 0.102. The zero-order valence-electron chi connectivity index (χ0n) is 14.8. The summed E-state index contributed by atoms with van der Waals surface area (Å²) >= 11 is 5.81. The van der Waals surface area contributed by atoms with Gasteiger partial charge in [-0.2, -0.15) is 0 Å². The van der Waals surface area contributed by atoms with Gasteiger partial charge in [0.05, 0.1) is 23.3 Å². The number of rotatable bonds is 6. The molecule has 3 aromatic rings. The molecule has 3 rings (SSSR count). The topological polar surface area (TPSA) is 84.5 Å². The molecule has 1 amide bonds. The molecule has 3 aromatic carbocycles. The number of carbonyl (C=O) groups excluding carboxylic acids is 1. The van der Waals surface area contributed by atoms with Crippen LogP contribution in [-0.4, -0.2) is 21.4 Å². The molecule has 144 valence electrons. The lowest BCUT2D eigenvalue weighted by Crippen LogP contribution is -2.18. The van der Waals surface area contributed by atoms with Crippen LogP contribution < -0.4 is 14.8 Å². The number of benzene rings is 3. The molecular weight excluding hydrogens is 400 g/mol. The minimum absolute atomic E-state index is 0.0438. The predicted molar refractivity (Wildman–Crippen MR) is 110 cm³/mol. The van der Waals surface area contributed by atoms with Crippen LogP contribution in [0, 0.1) is 0 Å². The van der Waals surface area contributed by atoms with Crippen LogP contribution >= 0.6 is 11.6 Å². The molecule has 0 saturated heterocycles. The Kier molecular flexibility index (Phi) is 5.87. The third kappa shape index (κ3) is 4.62. The predicted octanol–water partition coefficient (Wildman–Crippen LogP) is 4.40. The number of amides is 1. The first-order valence-electron chi connectivity index (χ1n) is 8.22. The largest absolute Gasteiger partial charge is 0.497 e. The Balaban J connectivity index is 1.83. The highest BCUT2D eigenvalue weighted by molar-refractivity contribution is 7.92. The van der Waals surface area contributed by atoms with Crippen LogP contribution in [0.1, 0.15) is 10.4 Å². The minimum atomic E-state index is -3.87. The van der Waals surface area contributed by atoms with Crippen molar-refractivity contribution in [1.82, 2.24) is 0 Å². The van der Waals surface area contributed by atoms with Gasteiger partial charge in [0, 0.05) is 10.7 Å². The van der Waals surface area contributed by atoms with Crippen molar-refractivity contribution in [2.75, 3.05) is 17.1 Å². The molecule has 0 aliphatic rings. The van der Waals surface area contributed by atoms with Crippen LogP contribution in [0.25, 0.3) is 0 Å². The Morgan fingerprint density at radius 3 is 2.21 bits per heavy atom. The first kappa shape index (κ1) is 19.7. The molecule has 0 aromatic heterocycles. The summed E-state index contributed by atoms with van der Waals surface area (Å²) in [4.78, 5) is 12.7. The van der Waals surface area contributed by atoms with Crippen molar-refractivity contribution in [3.8, 4) is 5.75 Å². The molecule has 0 aliphatic heterocycles. The highest BCUT2D eigenvalue weighted by Gasteiger charge is 2.18. The van der Waals surface area contributed by atoms with Crippen molar-refractivity contribution < 1.29 is 17.9 Å². The van der Waals surface area contributed by atoms with E-state index in [9.17, 15) is 13.2 Å². The standard InChI is InChI=1S/C20H17ClN2O4S/c1-27-16-10-8-15(9-11-16)22-20(24)18-4-2-3-5-19(18)23-28(25,26)17-12-6-14(21)7-13-17/h2-13,23H,1H3,(H,22,24). The fourth-order valence-corrected chi connectivity index (χ4v) is 3.67. The van der Waals surface area contributed by atoms with Gasteiger partial charge in [0.15, 0.2) is 0 Å². The number of para-hydroxylation sites is 1. The number of carbonyl (C=O) groups is 1. The summed E-state index contributed by atoms with van der Waals surface area (Å²) in [7, 11) is -2.32. The van der Waals surface area contributed by atoms with Gasteiger partial charge in [0.1, 0.15) is 5.75 Å². The first-order chi connectivity index (χ1) is 13.4.